The van der Waals surface area contributed by atoms with Crippen LogP contribution in [0.4, 0.5) is 17.3 Å². The lowest BCUT2D eigenvalue weighted by atomic mass is 9.91. The molecular weight excluding hydrogens is 516 g/mol. The number of hydrogen-bond donors (Lipinski definition) is 0. The van der Waals surface area contributed by atoms with Gasteiger partial charge < -0.3 is 4.42 Å². The number of furan rings is 1. The van der Waals surface area contributed by atoms with Crippen LogP contribution in [0.3, 0.4) is 0 Å². The van der Waals surface area contributed by atoms with E-state index in [1.807, 2.05) is 54.6 Å². The predicted molar refractivity (Wildman–Crippen MR) is 169 cm³/mol. The molecule has 0 fully saturated rings. The van der Waals surface area contributed by atoms with E-state index in [1.54, 1.807) is 0 Å². The summed E-state index contributed by atoms with van der Waals surface area (Å²) < 4.78 is 6.22. The van der Waals surface area contributed by atoms with Gasteiger partial charge in [-0.2, -0.15) is 9.97 Å². The van der Waals surface area contributed by atoms with Crippen molar-refractivity contribution in [3.63, 3.8) is 0 Å². The summed E-state index contributed by atoms with van der Waals surface area (Å²) in [5.41, 5.74) is 7.90. The summed E-state index contributed by atoms with van der Waals surface area (Å²) in [6.45, 7) is 0. The second kappa shape index (κ2) is 8.85. The zero-order valence-electron chi connectivity index (χ0n) is 22.4. The van der Waals surface area contributed by atoms with Crippen LogP contribution in [0.15, 0.2) is 138 Å². The van der Waals surface area contributed by atoms with Gasteiger partial charge in [-0.15, -0.1) is 0 Å². The Morgan fingerprint density at radius 2 is 1.17 bits per heavy atom. The van der Waals surface area contributed by atoms with E-state index in [0.29, 0.717) is 17.6 Å². The molecule has 0 spiro atoms. The molecule has 1 aliphatic heterocycles. The Bertz CT molecular complexity index is 2320. The molecule has 196 valence electrons. The number of hydrogen-bond acceptors (Lipinski definition) is 5. The van der Waals surface area contributed by atoms with Crippen LogP contribution in [0.5, 0.6) is 0 Å². The van der Waals surface area contributed by atoms with Crippen molar-refractivity contribution in [3.8, 4) is 33.9 Å². The first-order valence-corrected chi connectivity index (χ1v) is 14.0. The Labute approximate surface area is 241 Å². The largest absolute Gasteiger partial charge is 0.456 e. The standard InChI is InChI=1S/C37H22N4O/c1-2-10-24(11-3-1)35-38-36(25-20-21-28-27-15-5-7-19-32(27)42-33(28)22-25)40-37(39-35)41-30-17-6-4-14-26(30)29-16-8-12-23-13-9-18-31(41)34(23)29/h1-22H. The van der Waals surface area contributed by atoms with Gasteiger partial charge in [-0.3, -0.25) is 4.90 Å². The predicted octanol–water partition coefficient (Wildman–Crippen LogP) is 9.71. The monoisotopic (exact) mass is 538 g/mol. The van der Waals surface area contributed by atoms with Crippen LogP contribution in [0, 0.1) is 0 Å². The van der Waals surface area contributed by atoms with E-state index in [2.05, 4.69) is 83.8 Å². The molecule has 5 nitrogen and oxygen atoms in total. The normalized spacial score (nSPS) is 12.2. The molecule has 0 saturated carbocycles. The maximum atomic E-state index is 6.22. The molecule has 2 aromatic heterocycles. The van der Waals surface area contributed by atoms with Crippen LogP contribution >= 0.6 is 0 Å². The van der Waals surface area contributed by atoms with Gasteiger partial charge in [0.25, 0.3) is 0 Å². The van der Waals surface area contributed by atoms with Gasteiger partial charge in [0, 0.05) is 32.8 Å². The Morgan fingerprint density at radius 1 is 0.476 bits per heavy atom. The molecule has 0 atom stereocenters. The highest BCUT2D eigenvalue weighted by Gasteiger charge is 2.28. The third-order valence-corrected chi connectivity index (χ3v) is 8.05. The van der Waals surface area contributed by atoms with Crippen molar-refractivity contribution in [2.24, 2.45) is 0 Å². The fourth-order valence-corrected chi connectivity index (χ4v) is 6.15. The smallest absolute Gasteiger partial charge is 0.238 e. The summed E-state index contributed by atoms with van der Waals surface area (Å²) in [4.78, 5) is 17.4. The van der Waals surface area contributed by atoms with Crippen molar-refractivity contribution in [1.82, 2.24) is 15.0 Å². The summed E-state index contributed by atoms with van der Waals surface area (Å²) in [6.07, 6.45) is 0. The van der Waals surface area contributed by atoms with Crippen LogP contribution < -0.4 is 4.90 Å². The molecule has 6 aromatic carbocycles. The second-order valence-corrected chi connectivity index (χ2v) is 10.5. The molecule has 5 heteroatoms. The van der Waals surface area contributed by atoms with Crippen molar-refractivity contribution in [3.05, 3.63) is 133 Å². The molecule has 42 heavy (non-hydrogen) atoms. The van der Waals surface area contributed by atoms with E-state index in [0.717, 1.165) is 50.0 Å². The van der Waals surface area contributed by atoms with Crippen molar-refractivity contribution in [2.45, 2.75) is 0 Å². The Balaban J connectivity index is 1.31. The van der Waals surface area contributed by atoms with Crippen LogP contribution in [-0.2, 0) is 0 Å². The number of aromatic nitrogens is 3. The quantitative estimate of drug-likeness (QED) is 0.224. The molecule has 0 N–H and O–H groups in total. The highest BCUT2D eigenvalue weighted by atomic mass is 16.3. The summed E-state index contributed by atoms with van der Waals surface area (Å²) in [7, 11) is 0. The Morgan fingerprint density at radius 3 is 2.07 bits per heavy atom. The van der Waals surface area contributed by atoms with Gasteiger partial charge in [0.05, 0.1) is 11.4 Å². The second-order valence-electron chi connectivity index (χ2n) is 10.5. The summed E-state index contributed by atoms with van der Waals surface area (Å²) >= 11 is 0. The van der Waals surface area contributed by atoms with E-state index in [4.69, 9.17) is 19.4 Å². The maximum absolute atomic E-state index is 6.22. The van der Waals surface area contributed by atoms with Crippen molar-refractivity contribution < 1.29 is 4.42 Å². The molecule has 0 saturated heterocycles. The van der Waals surface area contributed by atoms with Gasteiger partial charge in [0.1, 0.15) is 11.2 Å². The number of para-hydroxylation sites is 2. The van der Waals surface area contributed by atoms with E-state index in [1.165, 1.54) is 16.3 Å². The van der Waals surface area contributed by atoms with Crippen LogP contribution in [-0.4, -0.2) is 15.0 Å². The lowest BCUT2D eigenvalue weighted by Gasteiger charge is -2.32. The third-order valence-electron chi connectivity index (χ3n) is 8.05. The minimum absolute atomic E-state index is 0.568. The first-order chi connectivity index (χ1) is 20.8. The SMILES string of the molecule is c1ccc(-c2nc(-c3ccc4c(c3)oc3ccccc34)nc(N3c4ccccc4-c4cccc5cccc3c45)n2)cc1. The molecule has 3 heterocycles. The van der Waals surface area contributed by atoms with Gasteiger partial charge in [-0.25, -0.2) is 4.98 Å². The number of fused-ring (bicyclic) bond motifs is 5. The van der Waals surface area contributed by atoms with Crippen LogP contribution in [0.2, 0.25) is 0 Å². The molecule has 1 aliphatic rings. The van der Waals surface area contributed by atoms with Gasteiger partial charge in [0.2, 0.25) is 5.95 Å². The number of rotatable bonds is 3. The molecular formula is C37H22N4O. The zero-order valence-corrected chi connectivity index (χ0v) is 22.4. The van der Waals surface area contributed by atoms with Crippen molar-refractivity contribution in [1.29, 1.82) is 0 Å². The van der Waals surface area contributed by atoms with Gasteiger partial charge in [-0.05, 0) is 41.3 Å². The highest BCUT2D eigenvalue weighted by Crippen LogP contribution is 2.50. The Hall–Kier alpha value is -5.81. The van der Waals surface area contributed by atoms with Crippen molar-refractivity contribution >= 4 is 50.0 Å². The molecule has 0 bridgehead atoms. The highest BCUT2D eigenvalue weighted by molar-refractivity contribution is 6.13. The minimum atomic E-state index is 0.568. The molecule has 8 aromatic rings. The number of nitrogens with zero attached hydrogens (tertiary/aromatic N) is 4. The average Bonchev–Trinajstić information content (AvgIpc) is 3.43. The summed E-state index contributed by atoms with van der Waals surface area (Å²) in [6, 6.07) is 45.7. The van der Waals surface area contributed by atoms with E-state index >= 15 is 0 Å². The lowest BCUT2D eigenvalue weighted by molar-refractivity contribution is 0.669. The van der Waals surface area contributed by atoms with Gasteiger partial charge in [0.15, 0.2) is 11.6 Å². The molecule has 9 rings (SSSR count). The molecule has 0 radical (unpaired) electrons. The first kappa shape index (κ1) is 22.9. The van der Waals surface area contributed by atoms with Gasteiger partial charge >= 0.3 is 0 Å². The zero-order chi connectivity index (χ0) is 27.6. The minimum Gasteiger partial charge on any atom is -0.456 e. The molecule has 0 unspecified atom stereocenters. The topological polar surface area (TPSA) is 55.1 Å². The van der Waals surface area contributed by atoms with E-state index in [9.17, 15) is 0 Å². The summed E-state index contributed by atoms with van der Waals surface area (Å²) in [5.74, 6) is 1.77. The molecule has 0 aliphatic carbocycles. The molecule has 0 amide bonds. The maximum Gasteiger partial charge on any atom is 0.238 e. The number of benzene rings is 6. The Kier molecular flexibility index (Phi) is 4.83. The van der Waals surface area contributed by atoms with E-state index < -0.39 is 0 Å². The van der Waals surface area contributed by atoms with Crippen molar-refractivity contribution in [2.75, 3.05) is 4.90 Å². The van der Waals surface area contributed by atoms with Crippen LogP contribution in [0.25, 0.3) is 66.6 Å². The fraction of sp³-hybridized carbons (Fsp3) is 0. The van der Waals surface area contributed by atoms with Gasteiger partial charge in [-0.1, -0.05) is 103 Å². The third kappa shape index (κ3) is 3.40. The fourth-order valence-electron chi connectivity index (χ4n) is 6.15. The first-order valence-electron chi connectivity index (χ1n) is 14.0. The summed E-state index contributed by atoms with van der Waals surface area (Å²) in [5, 5.41) is 4.53. The number of anilines is 3. The lowest BCUT2D eigenvalue weighted by Crippen LogP contribution is -2.18. The van der Waals surface area contributed by atoms with Crippen LogP contribution in [0.1, 0.15) is 0 Å². The van der Waals surface area contributed by atoms with E-state index in [-0.39, 0.29) is 0 Å². The average molecular weight is 539 g/mol.